The minimum atomic E-state index is -0.577. The number of ether oxygens (including phenoxy) is 1. The number of phenolic OH excluding ortho intramolecular Hbond substituents is 1. The molecule has 1 aliphatic rings. The van der Waals surface area contributed by atoms with Gasteiger partial charge in [0.1, 0.15) is 11.8 Å². The Bertz CT molecular complexity index is 1240. The molecule has 10 heteroatoms. The topological polar surface area (TPSA) is 89.3 Å². The van der Waals surface area contributed by atoms with Gasteiger partial charge in [-0.25, -0.2) is 9.48 Å². The van der Waals surface area contributed by atoms with E-state index in [1.54, 1.807) is 36.7 Å². The van der Waals surface area contributed by atoms with Gasteiger partial charge in [-0.3, -0.25) is 0 Å². The van der Waals surface area contributed by atoms with Crippen molar-refractivity contribution >= 4 is 51.2 Å². The minimum absolute atomic E-state index is 0.106. The average molecular weight is 550 g/mol. The van der Waals surface area contributed by atoms with Gasteiger partial charge in [-0.05, 0) is 66.0 Å². The Hall–Kier alpha value is -2.49. The van der Waals surface area contributed by atoms with Crippen LogP contribution in [0.5, 0.6) is 5.75 Å². The number of rotatable bonds is 6. The number of phenols is 1. The second-order valence-corrected chi connectivity index (χ2v) is 9.98. The number of nitrogens with zero attached hydrogens (tertiary/aromatic N) is 3. The summed E-state index contributed by atoms with van der Waals surface area (Å²) in [7, 11) is 0. The molecule has 0 spiro atoms. The lowest BCUT2D eigenvalue weighted by Gasteiger charge is -2.28. The largest absolute Gasteiger partial charge is 0.507 e. The normalized spacial score (nSPS) is 15.4. The molecule has 7 nitrogen and oxygen atoms in total. The molecule has 0 fully saturated rings. The molecule has 0 radical (unpaired) electrons. The fraction of sp³-hybridized carbons (Fsp3) is 0.261. The summed E-state index contributed by atoms with van der Waals surface area (Å²) >= 11 is 11.1. The van der Waals surface area contributed by atoms with Crippen LogP contribution in [0.15, 0.2) is 63.4 Å². The Labute approximate surface area is 209 Å². The SMILES string of the molecule is CC1=C(C(=O)OC(C)C)C(c2ccc(O)c(Br)c2)n2nc(SCc3ccccc3Cl)nc2N1. The van der Waals surface area contributed by atoms with E-state index in [0.29, 0.717) is 37.6 Å². The van der Waals surface area contributed by atoms with Gasteiger partial charge in [-0.15, -0.1) is 5.10 Å². The minimum Gasteiger partial charge on any atom is -0.507 e. The van der Waals surface area contributed by atoms with Crippen molar-refractivity contribution in [3.8, 4) is 5.75 Å². The molecular weight excluding hydrogens is 528 g/mol. The lowest BCUT2D eigenvalue weighted by molar-refractivity contribution is -0.143. The molecular formula is C23H22BrClN4O3S. The molecule has 1 aromatic heterocycles. The van der Waals surface area contributed by atoms with Crippen molar-refractivity contribution in [3.05, 3.63) is 74.4 Å². The van der Waals surface area contributed by atoms with E-state index in [9.17, 15) is 9.90 Å². The van der Waals surface area contributed by atoms with Crippen molar-refractivity contribution in [1.82, 2.24) is 14.8 Å². The van der Waals surface area contributed by atoms with E-state index < -0.39 is 12.0 Å². The summed E-state index contributed by atoms with van der Waals surface area (Å²) in [5.74, 6) is 0.794. The van der Waals surface area contributed by atoms with Crippen molar-refractivity contribution in [2.45, 2.75) is 43.8 Å². The molecule has 0 bridgehead atoms. The highest BCUT2D eigenvalue weighted by molar-refractivity contribution is 9.10. The number of thioether (sulfide) groups is 1. The second kappa shape index (κ2) is 9.79. The molecule has 0 saturated heterocycles. The molecule has 4 rings (SSSR count). The molecule has 1 atom stereocenters. The van der Waals surface area contributed by atoms with E-state index in [-0.39, 0.29) is 11.9 Å². The molecule has 0 saturated carbocycles. The third-order valence-electron chi connectivity index (χ3n) is 5.00. The molecule has 2 N–H and O–H groups in total. The van der Waals surface area contributed by atoms with Crippen LogP contribution < -0.4 is 5.32 Å². The fourth-order valence-corrected chi connectivity index (χ4v) is 5.00. The molecule has 3 aromatic rings. The van der Waals surface area contributed by atoms with E-state index in [1.165, 1.54) is 11.8 Å². The molecule has 33 heavy (non-hydrogen) atoms. The number of nitrogens with one attached hydrogen (secondary N) is 1. The summed E-state index contributed by atoms with van der Waals surface area (Å²) in [5, 5.41) is 19.1. The number of allylic oxidation sites excluding steroid dienone is 1. The predicted molar refractivity (Wildman–Crippen MR) is 133 cm³/mol. The van der Waals surface area contributed by atoms with Crippen molar-refractivity contribution in [2.24, 2.45) is 0 Å². The molecule has 2 aromatic carbocycles. The molecule has 172 valence electrons. The second-order valence-electron chi connectivity index (χ2n) is 7.77. The number of halogens is 2. The highest BCUT2D eigenvalue weighted by Gasteiger charge is 2.35. The smallest absolute Gasteiger partial charge is 0.338 e. The van der Waals surface area contributed by atoms with Gasteiger partial charge in [0.25, 0.3) is 0 Å². The van der Waals surface area contributed by atoms with E-state index in [2.05, 4.69) is 26.2 Å². The monoisotopic (exact) mass is 548 g/mol. The van der Waals surface area contributed by atoms with Crippen LogP contribution in [0.4, 0.5) is 5.95 Å². The highest BCUT2D eigenvalue weighted by Crippen LogP contribution is 2.39. The van der Waals surface area contributed by atoms with E-state index in [4.69, 9.17) is 21.4 Å². The quantitative estimate of drug-likeness (QED) is 0.291. The van der Waals surface area contributed by atoms with Gasteiger partial charge >= 0.3 is 5.97 Å². The Balaban J connectivity index is 1.73. The average Bonchev–Trinajstić information content (AvgIpc) is 3.16. The van der Waals surface area contributed by atoms with E-state index in [0.717, 1.165) is 11.1 Å². The summed E-state index contributed by atoms with van der Waals surface area (Å²) in [6.45, 7) is 5.43. The van der Waals surface area contributed by atoms with Crippen LogP contribution in [-0.4, -0.2) is 31.9 Å². The lowest BCUT2D eigenvalue weighted by Crippen LogP contribution is -2.30. The Morgan fingerprint density at radius 3 is 2.79 bits per heavy atom. The molecule has 0 amide bonds. The first kappa shape index (κ1) is 23.7. The molecule has 2 heterocycles. The number of hydrogen-bond donors (Lipinski definition) is 2. The van der Waals surface area contributed by atoms with Crippen LogP contribution >= 0.6 is 39.3 Å². The zero-order valence-corrected chi connectivity index (χ0v) is 21.3. The predicted octanol–water partition coefficient (Wildman–Crippen LogP) is 5.93. The van der Waals surface area contributed by atoms with Crippen molar-refractivity contribution in [1.29, 1.82) is 0 Å². The maximum Gasteiger partial charge on any atom is 0.338 e. The van der Waals surface area contributed by atoms with E-state index in [1.807, 2.05) is 31.2 Å². The molecule has 1 aliphatic heterocycles. The third kappa shape index (κ3) is 5.05. The first-order chi connectivity index (χ1) is 15.7. The van der Waals surface area contributed by atoms with Gasteiger partial charge < -0.3 is 15.2 Å². The van der Waals surface area contributed by atoms with Gasteiger partial charge in [-0.2, -0.15) is 4.98 Å². The molecule has 1 unspecified atom stereocenters. The number of carbonyl (C=O) groups is 1. The van der Waals surface area contributed by atoms with Crippen molar-refractivity contribution in [3.63, 3.8) is 0 Å². The Morgan fingerprint density at radius 2 is 2.09 bits per heavy atom. The number of fused-ring (bicyclic) bond motifs is 1. The number of esters is 1. The number of aromatic nitrogens is 3. The number of benzene rings is 2. The van der Waals surface area contributed by atoms with Crippen LogP contribution in [0.3, 0.4) is 0 Å². The number of aromatic hydroxyl groups is 1. The summed E-state index contributed by atoms with van der Waals surface area (Å²) in [4.78, 5) is 17.7. The summed E-state index contributed by atoms with van der Waals surface area (Å²) < 4.78 is 7.72. The molecule has 0 aliphatic carbocycles. The van der Waals surface area contributed by atoms with Crippen molar-refractivity contribution in [2.75, 3.05) is 5.32 Å². The summed E-state index contributed by atoms with van der Waals surface area (Å²) in [6, 6.07) is 12.2. The first-order valence-electron chi connectivity index (χ1n) is 10.2. The van der Waals surface area contributed by atoms with Crippen LogP contribution in [-0.2, 0) is 15.3 Å². The first-order valence-corrected chi connectivity index (χ1v) is 12.4. The lowest BCUT2D eigenvalue weighted by atomic mass is 9.95. The van der Waals surface area contributed by atoms with Gasteiger partial charge in [0.2, 0.25) is 11.1 Å². The van der Waals surface area contributed by atoms with Crippen LogP contribution in [0.2, 0.25) is 5.02 Å². The standard InChI is InChI=1S/C23H22BrClN4O3S/c1-12(2)32-21(31)19-13(3)26-22-27-23(33-11-15-6-4-5-7-17(15)25)28-29(22)20(19)14-8-9-18(30)16(24)10-14/h4-10,12,20,30H,11H2,1-3H3,(H,26,27,28). The van der Waals surface area contributed by atoms with Crippen LogP contribution in [0.1, 0.15) is 37.9 Å². The number of carbonyl (C=O) groups excluding carboxylic acids is 1. The van der Waals surface area contributed by atoms with Gasteiger partial charge in [0.05, 0.1) is 16.1 Å². The highest BCUT2D eigenvalue weighted by atomic mass is 79.9. The number of anilines is 1. The summed E-state index contributed by atoms with van der Waals surface area (Å²) in [6.07, 6.45) is -0.274. The van der Waals surface area contributed by atoms with Crippen LogP contribution in [0.25, 0.3) is 0 Å². The maximum absolute atomic E-state index is 13.1. The fourth-order valence-electron chi connectivity index (χ4n) is 3.49. The van der Waals surface area contributed by atoms with E-state index >= 15 is 0 Å². The van der Waals surface area contributed by atoms with Crippen LogP contribution in [0, 0.1) is 0 Å². The third-order valence-corrected chi connectivity index (χ3v) is 6.89. The van der Waals surface area contributed by atoms with Crippen molar-refractivity contribution < 1.29 is 14.6 Å². The summed E-state index contributed by atoms with van der Waals surface area (Å²) in [5.41, 5.74) is 2.81. The van der Waals surface area contributed by atoms with Gasteiger partial charge in [-0.1, -0.05) is 47.6 Å². The zero-order chi connectivity index (χ0) is 23.7. The maximum atomic E-state index is 13.1. The Morgan fingerprint density at radius 1 is 1.33 bits per heavy atom. The zero-order valence-electron chi connectivity index (χ0n) is 18.2. The Kier molecular flexibility index (Phi) is 7.02. The number of hydrogen-bond acceptors (Lipinski definition) is 7. The van der Waals surface area contributed by atoms with Gasteiger partial charge in [0.15, 0.2) is 0 Å². The van der Waals surface area contributed by atoms with Gasteiger partial charge in [0, 0.05) is 16.5 Å².